The van der Waals surface area contributed by atoms with E-state index in [1.165, 1.54) is 16.7 Å². The summed E-state index contributed by atoms with van der Waals surface area (Å²) in [5.41, 5.74) is 0.641. The van der Waals surface area contributed by atoms with Gasteiger partial charge >= 0.3 is 5.97 Å². The second-order valence-corrected chi connectivity index (χ2v) is 6.35. The zero-order chi connectivity index (χ0) is 10.3. The molecule has 4 nitrogen and oxygen atoms in total. The molecule has 6 heteroatoms. The molecule has 0 spiro atoms. The Morgan fingerprint density at radius 1 is 1.50 bits per heavy atom. The van der Waals surface area contributed by atoms with Crippen molar-refractivity contribution >= 4 is 27.1 Å². The van der Waals surface area contributed by atoms with Gasteiger partial charge in [0.05, 0.1) is 17.1 Å². The third-order valence-corrected chi connectivity index (χ3v) is 4.86. The summed E-state index contributed by atoms with van der Waals surface area (Å²) in [4.78, 5) is 11.7. The molecular weight excluding hydrogens is 224 g/mol. The molecule has 0 amide bonds. The third kappa shape index (κ3) is 1.55. The van der Waals surface area contributed by atoms with E-state index in [9.17, 15) is 13.2 Å². The van der Waals surface area contributed by atoms with Crippen molar-refractivity contribution in [3.05, 3.63) is 21.4 Å². The first-order chi connectivity index (χ1) is 6.49. The van der Waals surface area contributed by atoms with Crippen LogP contribution in [0.5, 0.6) is 0 Å². The first-order valence-electron chi connectivity index (χ1n) is 4.02. The molecule has 1 aliphatic heterocycles. The summed E-state index contributed by atoms with van der Waals surface area (Å²) in [5.74, 6) is -1.02. The number of aromatic carboxylic acids is 1. The number of carbonyl (C=O) groups is 1. The quantitative estimate of drug-likeness (QED) is 0.781. The van der Waals surface area contributed by atoms with Gasteiger partial charge < -0.3 is 5.11 Å². The van der Waals surface area contributed by atoms with E-state index in [1.54, 1.807) is 0 Å². The van der Waals surface area contributed by atoms with Crippen molar-refractivity contribution in [3.8, 4) is 0 Å². The number of sulfone groups is 1. The molecule has 1 aromatic heterocycles. The van der Waals surface area contributed by atoms with Gasteiger partial charge in [-0.1, -0.05) is 0 Å². The molecule has 76 valence electrons. The lowest BCUT2D eigenvalue weighted by Crippen LogP contribution is -2.19. The van der Waals surface area contributed by atoms with E-state index in [0.29, 0.717) is 12.0 Å². The molecule has 1 N–H and O–H groups in total. The Morgan fingerprint density at radius 3 is 2.86 bits per heavy atom. The lowest BCUT2D eigenvalue weighted by Gasteiger charge is -2.12. The first kappa shape index (κ1) is 9.67. The van der Waals surface area contributed by atoms with Crippen LogP contribution >= 0.6 is 11.3 Å². The molecule has 0 aromatic carbocycles. The van der Waals surface area contributed by atoms with Crippen molar-refractivity contribution in [3.63, 3.8) is 0 Å². The van der Waals surface area contributed by atoms with E-state index in [2.05, 4.69) is 0 Å². The lowest BCUT2D eigenvalue weighted by atomic mass is 10.1. The van der Waals surface area contributed by atoms with Gasteiger partial charge in [0.1, 0.15) is 0 Å². The molecule has 2 heterocycles. The summed E-state index contributed by atoms with van der Waals surface area (Å²) >= 11 is 1.34. The highest BCUT2D eigenvalue weighted by Gasteiger charge is 2.27. The zero-order valence-corrected chi connectivity index (χ0v) is 8.82. The predicted octanol–water partition coefficient (Wildman–Crippen LogP) is 0.917. The van der Waals surface area contributed by atoms with Crippen LogP contribution in [-0.2, 0) is 22.0 Å². The van der Waals surface area contributed by atoms with Gasteiger partial charge in [-0.15, -0.1) is 11.3 Å². The van der Waals surface area contributed by atoms with Gasteiger partial charge in [0, 0.05) is 10.3 Å². The molecule has 0 unspecified atom stereocenters. The standard InChI is InChI=1S/C8H8O4S2/c9-8(10)5-3-13-7-1-2-14(11,12)4-6(5)7/h3H,1-2,4H2,(H,9,10). The van der Waals surface area contributed by atoms with Crippen molar-refractivity contribution in [1.82, 2.24) is 0 Å². The van der Waals surface area contributed by atoms with Crippen LogP contribution in [0.25, 0.3) is 0 Å². The summed E-state index contributed by atoms with van der Waals surface area (Å²) in [6, 6.07) is 0. The fourth-order valence-electron chi connectivity index (χ4n) is 1.51. The molecular formula is C8H8O4S2. The van der Waals surface area contributed by atoms with E-state index in [-0.39, 0.29) is 17.1 Å². The minimum atomic E-state index is -3.08. The van der Waals surface area contributed by atoms with E-state index in [1.807, 2.05) is 0 Å². The van der Waals surface area contributed by atoms with Crippen LogP contribution in [0.3, 0.4) is 0 Å². The average molecular weight is 232 g/mol. The maximum absolute atomic E-state index is 11.3. The molecule has 0 atom stereocenters. The number of aryl methyl sites for hydroxylation is 1. The number of thiophene rings is 1. The SMILES string of the molecule is O=C(O)c1csc2c1CS(=O)(=O)CC2. The Morgan fingerprint density at radius 2 is 2.21 bits per heavy atom. The highest BCUT2D eigenvalue weighted by molar-refractivity contribution is 7.90. The normalized spacial score (nSPS) is 18.9. The van der Waals surface area contributed by atoms with Crippen molar-refractivity contribution in [2.24, 2.45) is 0 Å². The predicted molar refractivity (Wildman–Crippen MR) is 52.5 cm³/mol. The fourth-order valence-corrected chi connectivity index (χ4v) is 4.21. The Balaban J connectivity index is 2.53. The largest absolute Gasteiger partial charge is 0.478 e. The van der Waals surface area contributed by atoms with Crippen molar-refractivity contribution < 1.29 is 18.3 Å². The minimum Gasteiger partial charge on any atom is -0.478 e. The van der Waals surface area contributed by atoms with Crippen LogP contribution in [0.4, 0.5) is 0 Å². The molecule has 14 heavy (non-hydrogen) atoms. The van der Waals surface area contributed by atoms with Crippen LogP contribution < -0.4 is 0 Å². The zero-order valence-electron chi connectivity index (χ0n) is 7.19. The maximum atomic E-state index is 11.3. The number of hydrogen-bond donors (Lipinski definition) is 1. The number of fused-ring (bicyclic) bond motifs is 1. The summed E-state index contributed by atoms with van der Waals surface area (Å²) < 4.78 is 22.6. The third-order valence-electron chi connectivity index (χ3n) is 2.22. The van der Waals surface area contributed by atoms with Gasteiger partial charge in [0.25, 0.3) is 0 Å². The van der Waals surface area contributed by atoms with Crippen molar-refractivity contribution in [1.29, 1.82) is 0 Å². The summed E-state index contributed by atoms with van der Waals surface area (Å²) in [6.07, 6.45) is 0.454. The highest BCUT2D eigenvalue weighted by atomic mass is 32.2. The van der Waals surface area contributed by atoms with Crippen LogP contribution in [0, 0.1) is 0 Å². The molecule has 0 aliphatic carbocycles. The van der Waals surface area contributed by atoms with Gasteiger partial charge in [-0.05, 0) is 12.0 Å². The fraction of sp³-hybridized carbons (Fsp3) is 0.375. The summed E-state index contributed by atoms with van der Waals surface area (Å²) in [5, 5.41) is 10.3. The smallest absolute Gasteiger partial charge is 0.336 e. The monoisotopic (exact) mass is 232 g/mol. The Hall–Kier alpha value is -0.880. The second kappa shape index (κ2) is 3.06. The number of carboxylic acids is 1. The lowest BCUT2D eigenvalue weighted by molar-refractivity contribution is 0.0696. The van der Waals surface area contributed by atoms with E-state index < -0.39 is 15.8 Å². The van der Waals surface area contributed by atoms with E-state index >= 15 is 0 Å². The average Bonchev–Trinajstić information content (AvgIpc) is 2.44. The van der Waals surface area contributed by atoms with Crippen molar-refractivity contribution in [2.45, 2.75) is 12.2 Å². The van der Waals surface area contributed by atoms with Crippen LogP contribution in [0.15, 0.2) is 5.38 Å². The molecule has 2 rings (SSSR count). The van der Waals surface area contributed by atoms with Gasteiger partial charge in [-0.25, -0.2) is 13.2 Å². The Kier molecular flexibility index (Phi) is 2.11. The molecule has 0 fully saturated rings. The van der Waals surface area contributed by atoms with Gasteiger partial charge in [0.15, 0.2) is 9.84 Å². The molecule has 1 aromatic rings. The molecule has 0 saturated carbocycles. The summed E-state index contributed by atoms with van der Waals surface area (Å²) in [7, 11) is -3.08. The van der Waals surface area contributed by atoms with E-state index in [4.69, 9.17) is 5.11 Å². The molecule has 1 aliphatic rings. The minimum absolute atomic E-state index is 0.118. The Labute approximate surface area is 85.1 Å². The number of hydrogen-bond acceptors (Lipinski definition) is 4. The van der Waals surface area contributed by atoms with Crippen LogP contribution in [-0.4, -0.2) is 25.2 Å². The Bertz CT molecular complexity index is 483. The summed E-state index contributed by atoms with van der Waals surface area (Å²) in [6.45, 7) is 0. The molecule has 0 saturated heterocycles. The first-order valence-corrected chi connectivity index (χ1v) is 6.73. The highest BCUT2D eigenvalue weighted by Crippen LogP contribution is 2.29. The van der Waals surface area contributed by atoms with Crippen molar-refractivity contribution in [2.75, 3.05) is 5.75 Å². The van der Waals surface area contributed by atoms with E-state index in [0.717, 1.165) is 4.88 Å². The van der Waals surface area contributed by atoms with Gasteiger partial charge in [-0.2, -0.15) is 0 Å². The molecule has 0 radical (unpaired) electrons. The molecule has 0 bridgehead atoms. The van der Waals surface area contributed by atoms with Crippen LogP contribution in [0.2, 0.25) is 0 Å². The van der Waals surface area contributed by atoms with Crippen LogP contribution in [0.1, 0.15) is 20.8 Å². The maximum Gasteiger partial charge on any atom is 0.336 e. The number of rotatable bonds is 1. The topological polar surface area (TPSA) is 71.4 Å². The van der Waals surface area contributed by atoms with Gasteiger partial charge in [0.2, 0.25) is 0 Å². The number of carboxylic acid groups (broad SMARTS) is 1. The second-order valence-electron chi connectivity index (χ2n) is 3.20. The van der Waals surface area contributed by atoms with Gasteiger partial charge in [-0.3, -0.25) is 0 Å².